The number of fused-ring (bicyclic) bond motifs is 6. The van der Waals surface area contributed by atoms with Gasteiger partial charge in [-0.1, -0.05) is 18.2 Å². The molecule has 11 heteroatoms. The number of aliphatic hydroxyl groups excluding tert-OH is 1. The van der Waals surface area contributed by atoms with Gasteiger partial charge in [0.1, 0.15) is 18.1 Å². The first-order valence-corrected chi connectivity index (χ1v) is 15.7. The number of pyridine rings is 1. The summed E-state index contributed by atoms with van der Waals surface area (Å²) in [5.41, 5.74) is 5.87. The van der Waals surface area contributed by atoms with Gasteiger partial charge < -0.3 is 30.0 Å². The van der Waals surface area contributed by atoms with Crippen molar-refractivity contribution in [3.8, 4) is 23.2 Å². The molecule has 4 aromatic rings. The van der Waals surface area contributed by atoms with Crippen molar-refractivity contribution in [2.75, 3.05) is 30.9 Å². The van der Waals surface area contributed by atoms with E-state index in [0.717, 1.165) is 34.7 Å². The van der Waals surface area contributed by atoms with Crippen molar-refractivity contribution in [1.82, 2.24) is 4.98 Å². The fourth-order valence-corrected chi connectivity index (χ4v) is 5.97. The number of methoxy groups -OCH3 is 1. The molecule has 0 radical (unpaired) electrons. The lowest BCUT2D eigenvalue weighted by Gasteiger charge is -2.27. The van der Waals surface area contributed by atoms with Crippen LogP contribution in [0.3, 0.4) is 0 Å². The number of esters is 1. The van der Waals surface area contributed by atoms with Crippen molar-refractivity contribution < 1.29 is 33.3 Å². The second kappa shape index (κ2) is 14.2. The Kier molecular flexibility index (Phi) is 9.66. The summed E-state index contributed by atoms with van der Waals surface area (Å²) in [4.78, 5) is 30.5. The topological polar surface area (TPSA) is 143 Å². The minimum atomic E-state index is -0.907. The highest BCUT2D eigenvalue weighted by molar-refractivity contribution is 5.98. The number of rotatable bonds is 7. The van der Waals surface area contributed by atoms with E-state index in [9.17, 15) is 20.0 Å². The molecule has 6 rings (SSSR count). The Morgan fingerprint density at radius 1 is 1.12 bits per heavy atom. The SMILES string of the molecule is COC(=O)c1cc(F)c(NC(=O)Cc2cc(C)c3cc2CCC(O)c2cc(C#N)ccc2COc2cccc-3n2)c(NC[C@@H]2CCO2)c1. The van der Waals surface area contributed by atoms with Gasteiger partial charge in [-0.15, -0.1) is 0 Å². The maximum atomic E-state index is 15.4. The van der Waals surface area contributed by atoms with Crippen LogP contribution in [-0.4, -0.2) is 48.3 Å². The number of halogens is 1. The highest BCUT2D eigenvalue weighted by atomic mass is 19.1. The van der Waals surface area contributed by atoms with Crippen LogP contribution in [0.4, 0.5) is 15.8 Å². The van der Waals surface area contributed by atoms with Gasteiger partial charge in [0, 0.05) is 24.8 Å². The first-order chi connectivity index (χ1) is 23.2. The zero-order valence-corrected chi connectivity index (χ0v) is 26.6. The average molecular weight is 651 g/mol. The summed E-state index contributed by atoms with van der Waals surface area (Å²) < 4.78 is 31.7. The Labute approximate surface area is 277 Å². The third-order valence-corrected chi connectivity index (χ3v) is 8.68. The molecule has 1 saturated heterocycles. The summed E-state index contributed by atoms with van der Waals surface area (Å²) in [5, 5.41) is 26.7. The molecule has 0 saturated carbocycles. The zero-order valence-electron chi connectivity index (χ0n) is 26.6. The van der Waals surface area contributed by atoms with Crippen molar-refractivity contribution in [2.45, 2.75) is 51.4 Å². The maximum Gasteiger partial charge on any atom is 0.338 e. The van der Waals surface area contributed by atoms with Crippen LogP contribution in [0.2, 0.25) is 0 Å². The number of ether oxygens (including phenoxy) is 3. The number of nitrogens with zero attached hydrogens (tertiary/aromatic N) is 2. The predicted molar refractivity (Wildman–Crippen MR) is 176 cm³/mol. The Morgan fingerprint density at radius 3 is 2.71 bits per heavy atom. The molecule has 0 spiro atoms. The number of aryl methyl sites for hydroxylation is 2. The second-order valence-electron chi connectivity index (χ2n) is 11.9. The quantitative estimate of drug-likeness (QED) is 0.212. The first-order valence-electron chi connectivity index (χ1n) is 15.7. The summed E-state index contributed by atoms with van der Waals surface area (Å²) in [5.74, 6) is -1.54. The number of hydrogen-bond donors (Lipinski definition) is 3. The molecule has 0 aliphatic carbocycles. The Bertz CT molecular complexity index is 1920. The second-order valence-corrected chi connectivity index (χ2v) is 11.9. The molecule has 3 aromatic carbocycles. The summed E-state index contributed by atoms with van der Waals surface area (Å²) in [6.07, 6.45) is 0.522. The third kappa shape index (κ3) is 7.15. The predicted octanol–water partition coefficient (Wildman–Crippen LogP) is 5.80. The average Bonchev–Trinajstić information content (AvgIpc) is 3.07. The van der Waals surface area contributed by atoms with Gasteiger partial charge in [-0.2, -0.15) is 5.26 Å². The lowest BCUT2D eigenvalue weighted by Crippen LogP contribution is -2.33. The smallest absolute Gasteiger partial charge is 0.338 e. The molecule has 1 fully saturated rings. The molecular formula is C37H35FN4O6. The van der Waals surface area contributed by atoms with Gasteiger partial charge in [-0.25, -0.2) is 14.2 Å². The van der Waals surface area contributed by atoms with Crippen LogP contribution in [0, 0.1) is 24.1 Å². The molecule has 48 heavy (non-hydrogen) atoms. The summed E-state index contributed by atoms with van der Waals surface area (Å²) in [7, 11) is 1.21. The monoisotopic (exact) mass is 650 g/mol. The van der Waals surface area contributed by atoms with E-state index in [1.807, 2.05) is 31.2 Å². The number of amides is 1. The van der Waals surface area contributed by atoms with Crippen LogP contribution in [0.15, 0.2) is 60.7 Å². The van der Waals surface area contributed by atoms with E-state index in [4.69, 9.17) is 19.2 Å². The molecule has 1 unspecified atom stereocenters. The molecule has 2 aliphatic rings. The van der Waals surface area contributed by atoms with Crippen molar-refractivity contribution in [2.24, 2.45) is 0 Å². The van der Waals surface area contributed by atoms with Gasteiger partial charge >= 0.3 is 5.97 Å². The Hall–Kier alpha value is -5.31. The van der Waals surface area contributed by atoms with Crippen LogP contribution in [0.5, 0.6) is 5.88 Å². The molecule has 3 N–H and O–H groups in total. The first kappa shape index (κ1) is 32.6. The number of carbonyl (C=O) groups excluding carboxylic acids is 2. The van der Waals surface area contributed by atoms with Crippen molar-refractivity contribution >= 4 is 23.3 Å². The van der Waals surface area contributed by atoms with Gasteiger partial charge in [0.15, 0.2) is 0 Å². The molecule has 2 atom stereocenters. The minimum Gasteiger partial charge on any atom is -0.473 e. The number of nitriles is 1. The standard InChI is InChI=1S/C37H35FN4O6/c1-21-12-25(17-34(44)42-36-30(38)15-26(37(45)46-2)16-32(36)40-19-27-10-11-47-27)23-8-9-33(43)29-13-22(18-39)6-7-24(29)20-48-35-5-3-4-31(41-35)28(21)14-23/h3-7,12-16,27,33,40,43H,8-11,17,19-20H2,1-2H3,(H,42,44)/t27-,33?/m0/s1. The Morgan fingerprint density at radius 2 is 1.96 bits per heavy atom. The molecule has 10 nitrogen and oxygen atoms in total. The van der Waals surface area contributed by atoms with Gasteiger partial charge in [-0.05, 0) is 90.4 Å². The lowest BCUT2D eigenvalue weighted by molar-refractivity contribution is -0.115. The van der Waals surface area contributed by atoms with Crippen LogP contribution >= 0.6 is 0 Å². The normalized spacial score (nSPS) is 16.7. The number of aromatic nitrogens is 1. The van der Waals surface area contributed by atoms with E-state index in [-0.39, 0.29) is 36.1 Å². The molecule has 2 aliphatic heterocycles. The van der Waals surface area contributed by atoms with E-state index in [2.05, 4.69) is 16.7 Å². The van der Waals surface area contributed by atoms with E-state index in [1.165, 1.54) is 13.2 Å². The number of aliphatic hydroxyl groups is 1. The molecule has 4 bridgehead atoms. The fourth-order valence-electron chi connectivity index (χ4n) is 5.97. The van der Waals surface area contributed by atoms with Crippen LogP contribution in [0.25, 0.3) is 11.3 Å². The van der Waals surface area contributed by atoms with Gasteiger partial charge in [0.2, 0.25) is 11.8 Å². The largest absolute Gasteiger partial charge is 0.473 e. The molecule has 246 valence electrons. The van der Waals surface area contributed by atoms with E-state index < -0.39 is 23.8 Å². The number of anilines is 2. The van der Waals surface area contributed by atoms with Crippen molar-refractivity contribution in [3.63, 3.8) is 0 Å². The number of hydrogen-bond acceptors (Lipinski definition) is 9. The van der Waals surface area contributed by atoms with E-state index >= 15 is 4.39 Å². The molecule has 3 heterocycles. The highest BCUT2D eigenvalue weighted by Gasteiger charge is 2.23. The third-order valence-electron chi connectivity index (χ3n) is 8.68. The van der Waals surface area contributed by atoms with Crippen LogP contribution in [0.1, 0.15) is 62.7 Å². The van der Waals surface area contributed by atoms with E-state index in [1.54, 1.807) is 24.3 Å². The van der Waals surface area contributed by atoms with Crippen LogP contribution in [-0.2, 0) is 33.7 Å². The van der Waals surface area contributed by atoms with Crippen LogP contribution < -0.4 is 15.4 Å². The molecule has 1 aromatic heterocycles. The van der Waals surface area contributed by atoms with Crippen molar-refractivity contribution in [3.05, 3.63) is 105 Å². The number of carbonyl (C=O) groups is 2. The minimum absolute atomic E-state index is 0.00702. The Balaban J connectivity index is 1.32. The zero-order chi connectivity index (χ0) is 33.8. The van der Waals surface area contributed by atoms with Gasteiger partial charge in [0.05, 0.1) is 54.3 Å². The maximum absolute atomic E-state index is 15.4. The van der Waals surface area contributed by atoms with E-state index in [0.29, 0.717) is 54.3 Å². The summed E-state index contributed by atoms with van der Waals surface area (Å²) in [6, 6.07) is 19.1. The number of nitrogens with one attached hydrogen (secondary N) is 2. The molecular weight excluding hydrogens is 615 g/mol. The molecule has 1 amide bonds. The van der Waals surface area contributed by atoms with Crippen molar-refractivity contribution in [1.29, 1.82) is 5.26 Å². The summed E-state index contributed by atoms with van der Waals surface area (Å²) >= 11 is 0. The summed E-state index contributed by atoms with van der Waals surface area (Å²) in [6.45, 7) is 3.11. The highest BCUT2D eigenvalue weighted by Crippen LogP contribution is 2.33. The lowest BCUT2D eigenvalue weighted by atomic mass is 9.90. The van der Waals surface area contributed by atoms with Gasteiger partial charge in [-0.3, -0.25) is 4.79 Å². The fraction of sp³-hybridized carbons (Fsp3) is 0.297. The number of benzene rings is 3. The van der Waals surface area contributed by atoms with Gasteiger partial charge in [0.25, 0.3) is 0 Å².